The van der Waals surface area contributed by atoms with Gasteiger partial charge in [0.05, 0.1) is 11.6 Å². The van der Waals surface area contributed by atoms with E-state index >= 15 is 0 Å². The molecule has 0 aromatic heterocycles. The van der Waals surface area contributed by atoms with Gasteiger partial charge in [0.2, 0.25) is 11.8 Å². The summed E-state index contributed by atoms with van der Waals surface area (Å²) in [6, 6.07) is 13.6. The SMILES string of the molecule is O=C(CCCOc1ccc(Cl)cc1Cl)NNC(=O)CCNC(=O)c1ccccc1. The van der Waals surface area contributed by atoms with Crippen molar-refractivity contribution in [2.24, 2.45) is 0 Å². The first kappa shape index (κ1) is 22.5. The van der Waals surface area contributed by atoms with Crippen LogP contribution in [0.15, 0.2) is 48.5 Å². The standard InChI is InChI=1S/C20H21Cl2N3O4/c21-15-8-9-17(16(22)13-15)29-12-4-7-18(26)24-25-19(27)10-11-23-20(28)14-5-2-1-3-6-14/h1-3,5-6,8-9,13H,4,7,10-12H2,(H,23,28)(H,24,26)(H,25,27). The second-order valence-corrected chi connectivity index (χ2v) is 6.84. The quantitative estimate of drug-likeness (QED) is 0.414. The molecule has 7 nitrogen and oxygen atoms in total. The summed E-state index contributed by atoms with van der Waals surface area (Å²) in [4.78, 5) is 35.3. The maximum atomic E-state index is 11.8. The first-order chi connectivity index (χ1) is 14.0. The van der Waals surface area contributed by atoms with Gasteiger partial charge in [-0.05, 0) is 36.8 Å². The molecule has 29 heavy (non-hydrogen) atoms. The Bertz CT molecular complexity index is 847. The van der Waals surface area contributed by atoms with E-state index in [0.717, 1.165) is 0 Å². The lowest BCUT2D eigenvalue weighted by Gasteiger charge is -2.09. The third kappa shape index (κ3) is 8.41. The van der Waals surface area contributed by atoms with Gasteiger partial charge in [-0.25, -0.2) is 0 Å². The Morgan fingerprint density at radius 2 is 1.59 bits per heavy atom. The number of carbonyl (C=O) groups is 3. The zero-order valence-electron chi connectivity index (χ0n) is 15.5. The number of amides is 3. The lowest BCUT2D eigenvalue weighted by molar-refractivity contribution is -0.128. The molecule has 3 amide bonds. The highest BCUT2D eigenvalue weighted by Crippen LogP contribution is 2.27. The number of ether oxygens (including phenoxy) is 1. The van der Waals surface area contributed by atoms with Gasteiger partial charge < -0.3 is 10.1 Å². The Morgan fingerprint density at radius 1 is 0.897 bits per heavy atom. The van der Waals surface area contributed by atoms with Crippen molar-refractivity contribution in [1.82, 2.24) is 16.2 Å². The topological polar surface area (TPSA) is 96.5 Å². The van der Waals surface area contributed by atoms with Gasteiger partial charge in [-0.2, -0.15) is 0 Å². The molecule has 2 rings (SSSR count). The highest BCUT2D eigenvalue weighted by Gasteiger charge is 2.08. The van der Waals surface area contributed by atoms with Gasteiger partial charge in [-0.1, -0.05) is 41.4 Å². The van der Waals surface area contributed by atoms with Gasteiger partial charge in [0.1, 0.15) is 5.75 Å². The van der Waals surface area contributed by atoms with Crippen molar-refractivity contribution in [3.8, 4) is 5.75 Å². The van der Waals surface area contributed by atoms with Crippen LogP contribution in [0.2, 0.25) is 10.0 Å². The van der Waals surface area contributed by atoms with Crippen LogP contribution in [0.1, 0.15) is 29.6 Å². The van der Waals surface area contributed by atoms with Crippen LogP contribution in [0, 0.1) is 0 Å². The van der Waals surface area contributed by atoms with Crippen LogP contribution in [0.5, 0.6) is 5.75 Å². The molecule has 2 aromatic carbocycles. The summed E-state index contributed by atoms with van der Waals surface area (Å²) in [6.07, 6.45) is 0.640. The average molecular weight is 438 g/mol. The van der Waals surface area contributed by atoms with E-state index in [1.807, 2.05) is 6.07 Å². The summed E-state index contributed by atoms with van der Waals surface area (Å²) >= 11 is 11.8. The number of benzene rings is 2. The second-order valence-electron chi connectivity index (χ2n) is 6.00. The molecule has 0 saturated heterocycles. The van der Waals surface area contributed by atoms with E-state index in [1.165, 1.54) is 0 Å². The van der Waals surface area contributed by atoms with E-state index in [9.17, 15) is 14.4 Å². The summed E-state index contributed by atoms with van der Waals surface area (Å²) < 4.78 is 5.48. The Labute approximate surface area is 178 Å². The molecular formula is C20H21Cl2N3O4. The summed E-state index contributed by atoms with van der Waals surface area (Å²) in [6.45, 7) is 0.444. The van der Waals surface area contributed by atoms with Crippen LogP contribution < -0.4 is 20.9 Å². The smallest absolute Gasteiger partial charge is 0.251 e. The average Bonchev–Trinajstić information content (AvgIpc) is 2.71. The van der Waals surface area contributed by atoms with Crippen molar-refractivity contribution in [2.45, 2.75) is 19.3 Å². The van der Waals surface area contributed by atoms with Crippen LogP contribution in [0.4, 0.5) is 0 Å². The minimum atomic E-state index is -0.407. The Kier molecular flexibility index (Phi) is 9.27. The third-order valence-corrected chi connectivity index (χ3v) is 4.25. The Hall–Kier alpha value is -2.77. The largest absolute Gasteiger partial charge is 0.492 e. The fourth-order valence-electron chi connectivity index (χ4n) is 2.25. The van der Waals surface area contributed by atoms with Crippen LogP contribution in [-0.2, 0) is 9.59 Å². The van der Waals surface area contributed by atoms with E-state index in [0.29, 0.717) is 27.8 Å². The molecule has 0 bridgehead atoms. The summed E-state index contributed by atoms with van der Waals surface area (Å²) in [5.41, 5.74) is 5.14. The predicted octanol–water partition coefficient (Wildman–Crippen LogP) is 3.12. The van der Waals surface area contributed by atoms with Crippen LogP contribution >= 0.6 is 23.2 Å². The lowest BCUT2D eigenvalue weighted by Crippen LogP contribution is -2.42. The van der Waals surface area contributed by atoms with E-state index in [2.05, 4.69) is 16.2 Å². The van der Waals surface area contributed by atoms with Gasteiger partial charge >= 0.3 is 0 Å². The first-order valence-electron chi connectivity index (χ1n) is 8.94. The molecule has 0 unspecified atom stereocenters. The molecule has 0 aliphatic rings. The third-order valence-electron chi connectivity index (χ3n) is 3.71. The monoisotopic (exact) mass is 437 g/mol. The van der Waals surface area contributed by atoms with Crippen molar-refractivity contribution >= 4 is 40.9 Å². The molecule has 0 heterocycles. The number of hydrogen-bond donors (Lipinski definition) is 3. The molecule has 0 saturated carbocycles. The van der Waals surface area contributed by atoms with Crippen molar-refractivity contribution in [2.75, 3.05) is 13.2 Å². The number of rotatable bonds is 9. The van der Waals surface area contributed by atoms with E-state index < -0.39 is 5.91 Å². The van der Waals surface area contributed by atoms with Gasteiger partial charge in [-0.3, -0.25) is 25.2 Å². The molecule has 0 radical (unpaired) electrons. The van der Waals surface area contributed by atoms with E-state index in [4.69, 9.17) is 27.9 Å². The van der Waals surface area contributed by atoms with Crippen LogP contribution in [-0.4, -0.2) is 30.9 Å². The maximum Gasteiger partial charge on any atom is 0.251 e. The van der Waals surface area contributed by atoms with Crippen LogP contribution in [0.3, 0.4) is 0 Å². The minimum absolute atomic E-state index is 0.0387. The summed E-state index contributed by atoms with van der Waals surface area (Å²) in [5.74, 6) is -0.529. The Balaban J connectivity index is 1.55. The predicted molar refractivity (Wildman–Crippen MR) is 111 cm³/mol. The maximum absolute atomic E-state index is 11.8. The molecule has 0 aliphatic heterocycles. The molecule has 0 spiro atoms. The van der Waals surface area contributed by atoms with Crippen molar-refractivity contribution < 1.29 is 19.1 Å². The highest BCUT2D eigenvalue weighted by atomic mass is 35.5. The fraction of sp³-hybridized carbons (Fsp3) is 0.250. The first-order valence-corrected chi connectivity index (χ1v) is 9.70. The van der Waals surface area contributed by atoms with Gasteiger partial charge in [0.15, 0.2) is 0 Å². The molecule has 3 N–H and O–H groups in total. The summed E-state index contributed by atoms with van der Waals surface area (Å²) in [5, 5.41) is 3.54. The number of hydrazine groups is 1. The fourth-order valence-corrected chi connectivity index (χ4v) is 2.72. The van der Waals surface area contributed by atoms with Crippen molar-refractivity contribution in [3.05, 3.63) is 64.1 Å². The zero-order chi connectivity index (χ0) is 21.1. The van der Waals surface area contributed by atoms with Crippen molar-refractivity contribution in [3.63, 3.8) is 0 Å². The normalized spacial score (nSPS) is 10.1. The molecule has 0 aliphatic carbocycles. The Morgan fingerprint density at radius 3 is 2.28 bits per heavy atom. The number of halogens is 2. The van der Waals surface area contributed by atoms with Gasteiger partial charge in [0, 0.05) is 30.0 Å². The van der Waals surface area contributed by atoms with Crippen LogP contribution in [0.25, 0.3) is 0 Å². The molecule has 9 heteroatoms. The molecular weight excluding hydrogens is 417 g/mol. The lowest BCUT2D eigenvalue weighted by atomic mass is 10.2. The van der Waals surface area contributed by atoms with Gasteiger partial charge in [-0.15, -0.1) is 0 Å². The zero-order valence-corrected chi connectivity index (χ0v) is 17.1. The minimum Gasteiger partial charge on any atom is -0.492 e. The number of hydrogen-bond acceptors (Lipinski definition) is 4. The molecule has 2 aromatic rings. The second kappa shape index (κ2) is 11.9. The number of nitrogens with one attached hydrogen (secondary N) is 3. The van der Waals surface area contributed by atoms with E-state index in [1.54, 1.807) is 42.5 Å². The van der Waals surface area contributed by atoms with Crippen molar-refractivity contribution in [1.29, 1.82) is 0 Å². The molecule has 0 fully saturated rings. The highest BCUT2D eigenvalue weighted by molar-refractivity contribution is 6.35. The van der Waals surface area contributed by atoms with Gasteiger partial charge in [0.25, 0.3) is 5.91 Å². The summed E-state index contributed by atoms with van der Waals surface area (Å²) in [7, 11) is 0. The molecule has 0 atom stereocenters. The molecule has 154 valence electrons. The number of carbonyl (C=O) groups excluding carboxylic acids is 3. The van der Waals surface area contributed by atoms with E-state index in [-0.39, 0.29) is 37.8 Å².